The van der Waals surface area contributed by atoms with E-state index in [0.29, 0.717) is 28.8 Å². The maximum atomic E-state index is 12.7. The minimum Gasteiger partial charge on any atom is -0.496 e. The van der Waals surface area contributed by atoms with Crippen molar-refractivity contribution >= 4 is 17.3 Å². The van der Waals surface area contributed by atoms with Crippen LogP contribution in [0.1, 0.15) is 30.6 Å². The molecule has 3 N–H and O–H groups in total. The Hall–Kier alpha value is -2.73. The van der Waals surface area contributed by atoms with Crippen molar-refractivity contribution in [1.82, 2.24) is 5.32 Å². The van der Waals surface area contributed by atoms with Crippen LogP contribution >= 0.6 is 0 Å². The zero-order valence-electron chi connectivity index (χ0n) is 16.5. The van der Waals surface area contributed by atoms with Gasteiger partial charge in [0.05, 0.1) is 14.2 Å². The van der Waals surface area contributed by atoms with Gasteiger partial charge in [0, 0.05) is 24.0 Å². The Kier molecular flexibility index (Phi) is 7.95. The van der Waals surface area contributed by atoms with Gasteiger partial charge in [-0.2, -0.15) is 0 Å². The van der Waals surface area contributed by atoms with Gasteiger partial charge in [-0.25, -0.2) is 0 Å². The molecule has 0 saturated carbocycles. The van der Waals surface area contributed by atoms with Crippen molar-refractivity contribution in [1.29, 1.82) is 0 Å². The number of hydrogen-bond donors (Lipinski definition) is 3. The molecule has 0 unspecified atom stereocenters. The minimum absolute atomic E-state index is 0.273. The Balaban J connectivity index is 1.94. The standard InChI is InChI=1S/C21H29N3O3/c1-15(2)22-13-6-14-23-16-9-11-17(12-10-16)24-21(25)20-18(26-3)7-5-8-19(20)27-4/h5,7-12,15,22-23H,6,13-14H2,1-4H3,(H,24,25). The number of rotatable bonds is 10. The van der Waals surface area contributed by atoms with Crippen molar-refractivity contribution in [2.24, 2.45) is 0 Å². The molecule has 2 rings (SSSR count). The highest BCUT2D eigenvalue weighted by Gasteiger charge is 2.18. The van der Waals surface area contributed by atoms with Crippen LogP contribution in [0.4, 0.5) is 11.4 Å². The van der Waals surface area contributed by atoms with Gasteiger partial charge in [0.2, 0.25) is 0 Å². The van der Waals surface area contributed by atoms with Gasteiger partial charge in [-0.15, -0.1) is 0 Å². The van der Waals surface area contributed by atoms with Crippen molar-refractivity contribution in [3.05, 3.63) is 48.0 Å². The second kappa shape index (κ2) is 10.4. The first-order valence-electron chi connectivity index (χ1n) is 9.14. The number of benzene rings is 2. The van der Waals surface area contributed by atoms with E-state index in [1.54, 1.807) is 18.2 Å². The summed E-state index contributed by atoms with van der Waals surface area (Å²) in [7, 11) is 3.06. The van der Waals surface area contributed by atoms with Crippen LogP contribution in [0.5, 0.6) is 11.5 Å². The van der Waals surface area contributed by atoms with Crippen LogP contribution in [-0.2, 0) is 0 Å². The summed E-state index contributed by atoms with van der Waals surface area (Å²) in [6.45, 7) is 6.16. The van der Waals surface area contributed by atoms with Crippen molar-refractivity contribution in [3.63, 3.8) is 0 Å². The van der Waals surface area contributed by atoms with Crippen LogP contribution in [0.2, 0.25) is 0 Å². The van der Waals surface area contributed by atoms with Crippen molar-refractivity contribution < 1.29 is 14.3 Å². The first kappa shape index (κ1) is 20.6. The topological polar surface area (TPSA) is 71.6 Å². The molecule has 0 aliphatic carbocycles. The monoisotopic (exact) mass is 371 g/mol. The number of anilines is 2. The Morgan fingerprint density at radius 3 is 2.07 bits per heavy atom. The van der Waals surface area contributed by atoms with E-state index >= 15 is 0 Å². The molecular weight excluding hydrogens is 342 g/mol. The summed E-state index contributed by atoms with van der Waals surface area (Å²) in [6, 6.07) is 13.4. The summed E-state index contributed by atoms with van der Waals surface area (Å²) in [5, 5.41) is 9.65. The van der Waals surface area contributed by atoms with Crippen molar-refractivity contribution in [3.8, 4) is 11.5 Å². The largest absolute Gasteiger partial charge is 0.496 e. The molecule has 2 aromatic carbocycles. The lowest BCUT2D eigenvalue weighted by molar-refractivity contribution is 0.102. The lowest BCUT2D eigenvalue weighted by Gasteiger charge is -2.13. The Bertz CT molecular complexity index is 708. The number of amides is 1. The number of carbonyl (C=O) groups excluding carboxylic acids is 1. The van der Waals surface area contributed by atoms with Gasteiger partial charge in [-0.05, 0) is 49.4 Å². The molecule has 0 aliphatic rings. The summed E-state index contributed by atoms with van der Waals surface area (Å²) in [6.07, 6.45) is 1.05. The molecule has 6 nitrogen and oxygen atoms in total. The lowest BCUT2D eigenvalue weighted by atomic mass is 10.1. The fourth-order valence-corrected chi connectivity index (χ4v) is 2.65. The summed E-state index contributed by atoms with van der Waals surface area (Å²) in [5.41, 5.74) is 2.11. The van der Waals surface area contributed by atoms with Gasteiger partial charge in [0.15, 0.2) is 0 Å². The predicted molar refractivity (Wildman–Crippen MR) is 110 cm³/mol. The lowest BCUT2D eigenvalue weighted by Crippen LogP contribution is -2.25. The van der Waals surface area contributed by atoms with Gasteiger partial charge in [-0.1, -0.05) is 19.9 Å². The van der Waals surface area contributed by atoms with Crippen LogP contribution in [0, 0.1) is 0 Å². The molecule has 0 fully saturated rings. The summed E-state index contributed by atoms with van der Waals surface area (Å²) in [5.74, 6) is 0.671. The minimum atomic E-state index is -0.273. The fraction of sp³-hybridized carbons (Fsp3) is 0.381. The van der Waals surface area contributed by atoms with E-state index in [2.05, 4.69) is 29.8 Å². The number of ether oxygens (including phenoxy) is 2. The fourth-order valence-electron chi connectivity index (χ4n) is 2.65. The molecule has 0 atom stereocenters. The molecule has 0 bridgehead atoms. The van der Waals surface area contributed by atoms with Gasteiger partial charge >= 0.3 is 0 Å². The summed E-state index contributed by atoms with van der Waals surface area (Å²) in [4.78, 5) is 12.7. The molecule has 0 heterocycles. The van der Waals surface area contributed by atoms with E-state index in [4.69, 9.17) is 9.47 Å². The number of nitrogens with one attached hydrogen (secondary N) is 3. The third kappa shape index (κ3) is 6.18. The predicted octanol–water partition coefficient (Wildman–Crippen LogP) is 3.76. The quantitative estimate of drug-likeness (QED) is 0.555. The Morgan fingerprint density at radius 1 is 0.926 bits per heavy atom. The van der Waals surface area contributed by atoms with Crippen LogP contribution in [0.3, 0.4) is 0 Å². The van der Waals surface area contributed by atoms with E-state index in [1.165, 1.54) is 14.2 Å². The number of methoxy groups -OCH3 is 2. The molecule has 0 saturated heterocycles. The van der Waals surface area contributed by atoms with E-state index in [1.807, 2.05) is 24.3 Å². The second-order valence-electron chi connectivity index (χ2n) is 6.46. The SMILES string of the molecule is COc1cccc(OC)c1C(=O)Nc1ccc(NCCCNC(C)C)cc1. The first-order valence-corrected chi connectivity index (χ1v) is 9.14. The highest BCUT2D eigenvalue weighted by molar-refractivity contribution is 6.08. The summed E-state index contributed by atoms with van der Waals surface area (Å²) >= 11 is 0. The molecule has 27 heavy (non-hydrogen) atoms. The van der Waals surface area contributed by atoms with Crippen LogP contribution in [-0.4, -0.2) is 39.3 Å². The molecule has 0 radical (unpaired) electrons. The molecular formula is C21H29N3O3. The molecule has 2 aromatic rings. The third-order valence-electron chi connectivity index (χ3n) is 4.03. The average molecular weight is 371 g/mol. The third-order valence-corrected chi connectivity index (χ3v) is 4.03. The molecule has 146 valence electrons. The van der Waals surface area contributed by atoms with Gasteiger partial charge in [-0.3, -0.25) is 4.79 Å². The van der Waals surface area contributed by atoms with E-state index in [0.717, 1.165) is 25.2 Å². The Morgan fingerprint density at radius 2 is 1.52 bits per heavy atom. The molecule has 0 aliphatic heterocycles. The van der Waals surface area contributed by atoms with Gasteiger partial charge in [0.1, 0.15) is 17.1 Å². The first-order chi connectivity index (χ1) is 13.0. The summed E-state index contributed by atoms with van der Waals surface area (Å²) < 4.78 is 10.6. The Labute approximate surface area is 161 Å². The van der Waals surface area contributed by atoms with Gasteiger partial charge in [0.25, 0.3) is 5.91 Å². The van der Waals surface area contributed by atoms with Crippen LogP contribution in [0.25, 0.3) is 0 Å². The molecule has 0 spiro atoms. The normalized spacial score (nSPS) is 10.6. The van der Waals surface area contributed by atoms with E-state index in [9.17, 15) is 4.79 Å². The van der Waals surface area contributed by atoms with Crippen molar-refractivity contribution in [2.45, 2.75) is 26.3 Å². The maximum absolute atomic E-state index is 12.7. The van der Waals surface area contributed by atoms with Crippen molar-refractivity contribution in [2.75, 3.05) is 37.9 Å². The highest BCUT2D eigenvalue weighted by atomic mass is 16.5. The zero-order chi connectivity index (χ0) is 19.6. The van der Waals surface area contributed by atoms with E-state index in [-0.39, 0.29) is 5.91 Å². The number of carbonyl (C=O) groups is 1. The van der Waals surface area contributed by atoms with Crippen LogP contribution < -0.4 is 25.4 Å². The van der Waals surface area contributed by atoms with E-state index < -0.39 is 0 Å². The molecule has 0 aromatic heterocycles. The molecule has 1 amide bonds. The molecule has 6 heteroatoms. The average Bonchev–Trinajstić information content (AvgIpc) is 2.67. The van der Waals surface area contributed by atoms with Crippen LogP contribution in [0.15, 0.2) is 42.5 Å². The second-order valence-corrected chi connectivity index (χ2v) is 6.46. The number of hydrogen-bond acceptors (Lipinski definition) is 5. The highest BCUT2D eigenvalue weighted by Crippen LogP contribution is 2.29. The van der Waals surface area contributed by atoms with Gasteiger partial charge < -0.3 is 25.4 Å². The smallest absolute Gasteiger partial charge is 0.263 e. The maximum Gasteiger partial charge on any atom is 0.263 e. The zero-order valence-corrected chi connectivity index (χ0v) is 16.5.